The van der Waals surface area contributed by atoms with Crippen molar-refractivity contribution in [2.45, 2.75) is 13.5 Å². The third kappa shape index (κ3) is 4.36. The molecule has 0 bridgehead atoms. The van der Waals surface area contributed by atoms with Crippen LogP contribution >= 0.6 is 11.6 Å². The number of ether oxygens (including phenoxy) is 1. The van der Waals surface area contributed by atoms with Crippen LogP contribution in [0, 0.1) is 6.92 Å². The second-order valence-electron chi connectivity index (χ2n) is 6.95. The lowest BCUT2D eigenvalue weighted by Gasteiger charge is -2.11. The second-order valence-corrected chi connectivity index (χ2v) is 7.39. The van der Waals surface area contributed by atoms with Gasteiger partial charge < -0.3 is 10.1 Å². The van der Waals surface area contributed by atoms with Crippen molar-refractivity contribution in [1.29, 1.82) is 0 Å². The minimum atomic E-state index is -0.508. The van der Waals surface area contributed by atoms with E-state index >= 15 is 0 Å². The van der Waals surface area contributed by atoms with Crippen molar-refractivity contribution in [3.05, 3.63) is 100 Å². The van der Waals surface area contributed by atoms with E-state index in [0.29, 0.717) is 17.3 Å². The third-order valence-electron chi connectivity index (χ3n) is 4.66. The van der Waals surface area contributed by atoms with Crippen LogP contribution in [-0.2, 0) is 11.4 Å². The number of carbonyl (C=O) groups excluding carboxylic acids is 2. The number of anilines is 1. The van der Waals surface area contributed by atoms with Gasteiger partial charge in [0.05, 0.1) is 5.69 Å². The summed E-state index contributed by atoms with van der Waals surface area (Å²) in [4.78, 5) is 26.0. The van der Waals surface area contributed by atoms with Gasteiger partial charge in [0, 0.05) is 5.02 Å². The molecule has 1 fully saturated rings. The van der Waals surface area contributed by atoms with E-state index in [1.165, 1.54) is 5.56 Å². The molecule has 1 saturated heterocycles. The Morgan fingerprint density at radius 1 is 1.00 bits per heavy atom. The van der Waals surface area contributed by atoms with Gasteiger partial charge in [-0.05, 0) is 54.5 Å². The normalized spacial score (nSPS) is 14.9. The first-order valence-electron chi connectivity index (χ1n) is 9.41. The number of rotatable bonds is 5. The molecule has 1 N–H and O–H groups in total. The van der Waals surface area contributed by atoms with Crippen LogP contribution in [0.5, 0.6) is 5.75 Å². The van der Waals surface area contributed by atoms with Crippen molar-refractivity contribution in [2.75, 3.05) is 4.90 Å². The number of aryl methyl sites for hydroxylation is 1. The molecule has 3 aromatic carbocycles. The zero-order valence-corrected chi connectivity index (χ0v) is 17.0. The van der Waals surface area contributed by atoms with Gasteiger partial charge in [-0.2, -0.15) is 0 Å². The van der Waals surface area contributed by atoms with E-state index in [-0.39, 0.29) is 5.70 Å². The first-order valence-corrected chi connectivity index (χ1v) is 9.78. The molecule has 0 aromatic heterocycles. The quantitative estimate of drug-likeness (QED) is 0.450. The van der Waals surface area contributed by atoms with Gasteiger partial charge in [0.25, 0.3) is 5.91 Å². The molecule has 1 aliphatic rings. The summed E-state index contributed by atoms with van der Waals surface area (Å²) in [6.07, 6.45) is 1.63. The number of imide groups is 1. The van der Waals surface area contributed by atoms with Gasteiger partial charge in [0.1, 0.15) is 18.1 Å². The average molecular weight is 419 g/mol. The van der Waals surface area contributed by atoms with Crippen LogP contribution in [0.2, 0.25) is 5.02 Å². The Hall–Kier alpha value is -3.57. The summed E-state index contributed by atoms with van der Waals surface area (Å²) in [6, 6.07) is 21.6. The number of hydrogen-bond donors (Lipinski definition) is 1. The fourth-order valence-corrected chi connectivity index (χ4v) is 3.25. The summed E-state index contributed by atoms with van der Waals surface area (Å²) in [5.74, 6) is 0.294. The molecule has 4 rings (SSSR count). The zero-order chi connectivity index (χ0) is 21.1. The van der Waals surface area contributed by atoms with E-state index < -0.39 is 11.9 Å². The Kier molecular flexibility index (Phi) is 5.55. The fourth-order valence-electron chi connectivity index (χ4n) is 3.06. The molecule has 5 nitrogen and oxygen atoms in total. The Morgan fingerprint density at radius 2 is 1.73 bits per heavy atom. The molecule has 0 saturated carbocycles. The molecule has 0 aliphatic carbocycles. The predicted molar refractivity (Wildman–Crippen MR) is 117 cm³/mol. The number of nitrogens with one attached hydrogen (secondary N) is 1. The maximum absolute atomic E-state index is 12.7. The largest absolute Gasteiger partial charge is 0.489 e. The number of halogens is 1. The number of amides is 3. The number of hydrogen-bond acceptors (Lipinski definition) is 3. The smallest absolute Gasteiger partial charge is 0.333 e. The van der Waals surface area contributed by atoms with Gasteiger partial charge in [-0.1, -0.05) is 59.6 Å². The minimum Gasteiger partial charge on any atom is -0.489 e. The molecule has 3 amide bonds. The Morgan fingerprint density at radius 3 is 2.43 bits per heavy atom. The van der Waals surface area contributed by atoms with E-state index in [1.54, 1.807) is 30.3 Å². The van der Waals surface area contributed by atoms with E-state index in [9.17, 15) is 9.59 Å². The van der Waals surface area contributed by atoms with Crippen molar-refractivity contribution in [1.82, 2.24) is 5.32 Å². The van der Waals surface area contributed by atoms with Crippen LogP contribution in [0.4, 0.5) is 10.5 Å². The van der Waals surface area contributed by atoms with Gasteiger partial charge in [-0.15, -0.1) is 0 Å². The van der Waals surface area contributed by atoms with Crippen LogP contribution in [0.15, 0.2) is 78.5 Å². The van der Waals surface area contributed by atoms with Crippen molar-refractivity contribution in [3.63, 3.8) is 0 Å². The van der Waals surface area contributed by atoms with Crippen LogP contribution < -0.4 is 15.0 Å². The lowest BCUT2D eigenvalue weighted by Crippen LogP contribution is -2.30. The maximum atomic E-state index is 12.7. The predicted octanol–water partition coefficient (Wildman–Crippen LogP) is 5.32. The standard InChI is InChI=1S/C24H19ClN2O3/c1-16-5-7-18(8-6-16)15-30-21-11-9-17(10-12-21)13-22-23(28)27(24(29)26-22)20-4-2-3-19(25)14-20/h2-14H,15H2,1H3,(H,26,29)/b22-13+. The number of carbonyl (C=O) groups is 2. The van der Waals surface area contributed by atoms with E-state index in [0.717, 1.165) is 21.8 Å². The summed E-state index contributed by atoms with van der Waals surface area (Å²) in [5.41, 5.74) is 3.70. The number of benzene rings is 3. The molecule has 0 atom stereocenters. The van der Waals surface area contributed by atoms with E-state index in [2.05, 4.69) is 5.32 Å². The topological polar surface area (TPSA) is 58.6 Å². The molecule has 1 aliphatic heterocycles. The fraction of sp³-hybridized carbons (Fsp3) is 0.0833. The lowest BCUT2D eigenvalue weighted by atomic mass is 10.1. The molecule has 0 spiro atoms. The highest BCUT2D eigenvalue weighted by Crippen LogP contribution is 2.25. The van der Waals surface area contributed by atoms with E-state index in [1.807, 2.05) is 55.5 Å². The molecule has 6 heteroatoms. The first kappa shape index (κ1) is 19.7. The SMILES string of the molecule is Cc1ccc(COc2ccc(/C=C3/NC(=O)N(c4cccc(Cl)c4)C3=O)cc2)cc1. The molecule has 0 unspecified atom stereocenters. The maximum Gasteiger partial charge on any atom is 0.333 e. The number of urea groups is 1. The molecular formula is C24H19ClN2O3. The summed E-state index contributed by atoms with van der Waals surface area (Å²) >= 11 is 5.98. The molecule has 3 aromatic rings. The van der Waals surface area contributed by atoms with Gasteiger partial charge in [-0.25, -0.2) is 9.69 Å². The Balaban J connectivity index is 1.45. The molecule has 1 heterocycles. The molecular weight excluding hydrogens is 400 g/mol. The number of nitrogens with zero attached hydrogens (tertiary/aromatic N) is 1. The summed E-state index contributed by atoms with van der Waals surface area (Å²) in [5, 5.41) is 3.06. The molecule has 150 valence electrons. The summed E-state index contributed by atoms with van der Waals surface area (Å²) in [7, 11) is 0. The highest BCUT2D eigenvalue weighted by molar-refractivity contribution is 6.32. The minimum absolute atomic E-state index is 0.202. The van der Waals surface area contributed by atoms with Crippen LogP contribution in [-0.4, -0.2) is 11.9 Å². The molecule has 30 heavy (non-hydrogen) atoms. The van der Waals surface area contributed by atoms with Gasteiger partial charge in [-0.3, -0.25) is 4.79 Å². The third-order valence-corrected chi connectivity index (χ3v) is 4.90. The van der Waals surface area contributed by atoms with Crippen molar-refractivity contribution in [2.24, 2.45) is 0 Å². The van der Waals surface area contributed by atoms with Crippen molar-refractivity contribution >= 4 is 35.3 Å². The Bertz CT molecular complexity index is 1120. The van der Waals surface area contributed by atoms with Crippen molar-refractivity contribution < 1.29 is 14.3 Å². The zero-order valence-electron chi connectivity index (χ0n) is 16.3. The highest BCUT2D eigenvalue weighted by atomic mass is 35.5. The van der Waals surface area contributed by atoms with Crippen molar-refractivity contribution in [3.8, 4) is 5.75 Å². The van der Waals surface area contributed by atoms with Crippen LogP contribution in [0.1, 0.15) is 16.7 Å². The van der Waals surface area contributed by atoms with Gasteiger partial charge in [0.15, 0.2) is 0 Å². The monoisotopic (exact) mass is 418 g/mol. The van der Waals surface area contributed by atoms with Gasteiger partial charge in [0.2, 0.25) is 0 Å². The highest BCUT2D eigenvalue weighted by Gasteiger charge is 2.34. The van der Waals surface area contributed by atoms with E-state index in [4.69, 9.17) is 16.3 Å². The second kappa shape index (κ2) is 8.43. The lowest BCUT2D eigenvalue weighted by molar-refractivity contribution is -0.113. The average Bonchev–Trinajstić information content (AvgIpc) is 3.01. The summed E-state index contributed by atoms with van der Waals surface area (Å²) in [6.45, 7) is 2.52. The van der Waals surface area contributed by atoms with Gasteiger partial charge >= 0.3 is 6.03 Å². The molecule has 0 radical (unpaired) electrons. The Labute approximate surface area is 179 Å². The van der Waals surface area contributed by atoms with Crippen LogP contribution in [0.3, 0.4) is 0 Å². The summed E-state index contributed by atoms with van der Waals surface area (Å²) < 4.78 is 5.80. The van der Waals surface area contributed by atoms with Crippen LogP contribution in [0.25, 0.3) is 6.08 Å². The first-order chi connectivity index (χ1) is 14.5.